The third kappa shape index (κ3) is 5.35. The lowest BCUT2D eigenvalue weighted by Gasteiger charge is -2.16. The van der Waals surface area contributed by atoms with Gasteiger partial charge in [0.1, 0.15) is 5.75 Å². The van der Waals surface area contributed by atoms with Crippen LogP contribution in [0.1, 0.15) is 17.5 Å². The molecule has 1 N–H and O–H groups in total. The minimum Gasteiger partial charge on any atom is -0.497 e. The van der Waals surface area contributed by atoms with Gasteiger partial charge in [-0.2, -0.15) is 0 Å². The Bertz CT molecular complexity index is 1420. The molecule has 0 saturated heterocycles. The number of aryl methyl sites for hydroxylation is 2. The summed E-state index contributed by atoms with van der Waals surface area (Å²) >= 11 is 0. The van der Waals surface area contributed by atoms with Crippen LogP contribution in [0.2, 0.25) is 0 Å². The van der Waals surface area contributed by atoms with Crippen molar-refractivity contribution in [1.82, 2.24) is 4.57 Å². The number of pyridine rings is 1. The van der Waals surface area contributed by atoms with Gasteiger partial charge in [0, 0.05) is 23.6 Å². The first-order valence-electron chi connectivity index (χ1n) is 11.7. The fourth-order valence-electron chi connectivity index (χ4n) is 4.34. The Morgan fingerprint density at radius 1 is 0.833 bits per heavy atom. The molecule has 4 rings (SSSR count). The van der Waals surface area contributed by atoms with Crippen molar-refractivity contribution in [3.63, 3.8) is 0 Å². The number of rotatable bonds is 10. The van der Waals surface area contributed by atoms with Crippen LogP contribution in [0, 0.1) is 0 Å². The van der Waals surface area contributed by atoms with Crippen LogP contribution in [0.5, 0.6) is 17.2 Å². The number of carbonyl (C=O) groups is 1. The van der Waals surface area contributed by atoms with Crippen LogP contribution in [-0.2, 0) is 24.2 Å². The minimum atomic E-state index is -0.849. The number of benzene rings is 3. The summed E-state index contributed by atoms with van der Waals surface area (Å²) in [5, 5.41) is 9.83. The molecule has 7 nitrogen and oxygen atoms in total. The standard InChI is InChI=1S/C29H29NO6/c1-34-23-12-10-21(11-13-23)24-16-22-17-26(35-2)27(36-3)18-25(22)30(29(24)33)14-4-5-19-6-8-20(9-7-19)15-28(31)32/h6-13,16-18H,4-5,14-15H2,1-3H3,(H,31,32). The monoisotopic (exact) mass is 487 g/mol. The Labute approximate surface area is 209 Å². The van der Waals surface area contributed by atoms with E-state index >= 15 is 0 Å². The molecule has 0 aliphatic heterocycles. The predicted molar refractivity (Wildman–Crippen MR) is 139 cm³/mol. The van der Waals surface area contributed by atoms with Gasteiger partial charge in [-0.1, -0.05) is 36.4 Å². The van der Waals surface area contributed by atoms with Crippen molar-refractivity contribution in [2.75, 3.05) is 21.3 Å². The van der Waals surface area contributed by atoms with Gasteiger partial charge in [0.15, 0.2) is 11.5 Å². The lowest BCUT2D eigenvalue weighted by Crippen LogP contribution is -2.22. The summed E-state index contributed by atoms with van der Waals surface area (Å²) < 4.78 is 18.0. The number of carboxylic acid groups (broad SMARTS) is 1. The van der Waals surface area contributed by atoms with Crippen LogP contribution in [0.3, 0.4) is 0 Å². The van der Waals surface area contributed by atoms with Crippen molar-refractivity contribution in [3.05, 3.63) is 88.2 Å². The number of aromatic nitrogens is 1. The quantitative estimate of drug-likeness (QED) is 0.340. The number of fused-ring (bicyclic) bond motifs is 1. The molecule has 0 radical (unpaired) electrons. The lowest BCUT2D eigenvalue weighted by molar-refractivity contribution is -0.136. The molecule has 0 saturated carbocycles. The largest absolute Gasteiger partial charge is 0.497 e. The van der Waals surface area contributed by atoms with E-state index in [4.69, 9.17) is 19.3 Å². The molecule has 1 heterocycles. The average molecular weight is 488 g/mol. The molecule has 0 spiro atoms. The van der Waals surface area contributed by atoms with Gasteiger partial charge in [-0.15, -0.1) is 0 Å². The average Bonchev–Trinajstić information content (AvgIpc) is 2.89. The number of aliphatic carboxylic acids is 1. The molecule has 0 aliphatic rings. The zero-order valence-corrected chi connectivity index (χ0v) is 20.6. The van der Waals surface area contributed by atoms with Gasteiger partial charge in [-0.3, -0.25) is 9.59 Å². The fraction of sp³-hybridized carbons (Fsp3) is 0.241. The SMILES string of the molecule is COc1ccc(-c2cc3cc(OC)c(OC)cc3n(CCCc3ccc(CC(=O)O)cc3)c2=O)cc1. The van der Waals surface area contributed by atoms with Crippen molar-refractivity contribution in [3.8, 4) is 28.4 Å². The molecule has 0 atom stereocenters. The van der Waals surface area contributed by atoms with Crippen LogP contribution in [0.15, 0.2) is 71.5 Å². The second-order valence-electron chi connectivity index (χ2n) is 8.50. The van der Waals surface area contributed by atoms with Crippen molar-refractivity contribution >= 4 is 16.9 Å². The number of nitrogens with zero attached hydrogens (tertiary/aromatic N) is 1. The van der Waals surface area contributed by atoms with Gasteiger partial charge in [0.2, 0.25) is 0 Å². The summed E-state index contributed by atoms with van der Waals surface area (Å²) in [4.78, 5) is 24.6. The maximum absolute atomic E-state index is 13.7. The zero-order valence-electron chi connectivity index (χ0n) is 20.6. The van der Waals surface area contributed by atoms with Gasteiger partial charge in [0.25, 0.3) is 5.56 Å². The number of hydrogen-bond acceptors (Lipinski definition) is 5. The van der Waals surface area contributed by atoms with Gasteiger partial charge in [0.05, 0.1) is 33.3 Å². The van der Waals surface area contributed by atoms with E-state index in [-0.39, 0.29) is 12.0 Å². The van der Waals surface area contributed by atoms with E-state index in [0.29, 0.717) is 23.6 Å². The van der Waals surface area contributed by atoms with Crippen molar-refractivity contribution in [2.45, 2.75) is 25.8 Å². The summed E-state index contributed by atoms with van der Waals surface area (Å²) in [6, 6.07) is 20.6. The highest BCUT2D eigenvalue weighted by Gasteiger charge is 2.15. The first kappa shape index (κ1) is 24.9. The van der Waals surface area contributed by atoms with Gasteiger partial charge in [-0.25, -0.2) is 0 Å². The van der Waals surface area contributed by atoms with Crippen molar-refractivity contribution in [2.24, 2.45) is 0 Å². The van der Waals surface area contributed by atoms with Gasteiger partial charge >= 0.3 is 5.97 Å². The Kier molecular flexibility index (Phi) is 7.59. The molecule has 7 heteroatoms. The van der Waals surface area contributed by atoms with Crippen LogP contribution >= 0.6 is 0 Å². The highest BCUT2D eigenvalue weighted by molar-refractivity contribution is 5.87. The first-order chi connectivity index (χ1) is 17.4. The van der Waals surface area contributed by atoms with Gasteiger partial charge in [-0.05, 0) is 53.8 Å². The molecular weight excluding hydrogens is 458 g/mol. The number of ether oxygens (including phenoxy) is 3. The maximum Gasteiger partial charge on any atom is 0.307 e. The molecule has 36 heavy (non-hydrogen) atoms. The number of hydrogen-bond donors (Lipinski definition) is 1. The van der Waals surface area contributed by atoms with E-state index < -0.39 is 5.97 Å². The number of methoxy groups -OCH3 is 3. The molecule has 1 aromatic heterocycles. The van der Waals surface area contributed by atoms with E-state index in [1.165, 1.54) is 0 Å². The minimum absolute atomic E-state index is 0.00507. The van der Waals surface area contributed by atoms with Crippen LogP contribution in [-0.4, -0.2) is 37.0 Å². The second-order valence-corrected chi connectivity index (χ2v) is 8.50. The third-order valence-corrected chi connectivity index (χ3v) is 6.23. The Morgan fingerprint density at radius 3 is 2.08 bits per heavy atom. The van der Waals surface area contributed by atoms with Crippen LogP contribution in [0.4, 0.5) is 0 Å². The first-order valence-corrected chi connectivity index (χ1v) is 11.7. The normalized spacial score (nSPS) is 10.9. The molecule has 0 fully saturated rings. The summed E-state index contributed by atoms with van der Waals surface area (Å²) in [6.45, 7) is 0.506. The Balaban J connectivity index is 1.70. The molecule has 4 aromatic rings. The summed E-state index contributed by atoms with van der Waals surface area (Å²) in [5.74, 6) is 1.03. The van der Waals surface area contributed by atoms with Crippen LogP contribution in [0.25, 0.3) is 22.0 Å². The van der Waals surface area contributed by atoms with Crippen molar-refractivity contribution in [1.29, 1.82) is 0 Å². The van der Waals surface area contributed by atoms with Crippen LogP contribution < -0.4 is 19.8 Å². The Hall–Kier alpha value is -4.26. The molecular formula is C29H29NO6. The highest BCUT2D eigenvalue weighted by Crippen LogP contribution is 2.33. The molecule has 186 valence electrons. The van der Waals surface area contributed by atoms with E-state index in [1.807, 2.05) is 66.7 Å². The van der Waals surface area contributed by atoms with E-state index in [9.17, 15) is 9.59 Å². The van der Waals surface area contributed by atoms with E-state index in [0.717, 1.165) is 46.2 Å². The van der Waals surface area contributed by atoms with E-state index in [2.05, 4.69) is 0 Å². The van der Waals surface area contributed by atoms with E-state index in [1.54, 1.807) is 25.9 Å². The lowest BCUT2D eigenvalue weighted by atomic mass is 10.0. The fourth-order valence-corrected chi connectivity index (χ4v) is 4.34. The van der Waals surface area contributed by atoms with Crippen molar-refractivity contribution < 1.29 is 24.1 Å². The topological polar surface area (TPSA) is 87.0 Å². The third-order valence-electron chi connectivity index (χ3n) is 6.23. The summed E-state index contributed by atoms with van der Waals surface area (Å²) in [5.41, 5.74) is 3.94. The second kappa shape index (κ2) is 11.0. The molecule has 3 aromatic carbocycles. The highest BCUT2D eigenvalue weighted by atomic mass is 16.5. The molecule has 0 bridgehead atoms. The predicted octanol–water partition coefficient (Wildman–Crippen LogP) is 4.95. The summed E-state index contributed by atoms with van der Waals surface area (Å²) in [6.07, 6.45) is 1.49. The Morgan fingerprint density at radius 2 is 1.47 bits per heavy atom. The van der Waals surface area contributed by atoms with Gasteiger partial charge < -0.3 is 23.9 Å². The maximum atomic E-state index is 13.7. The zero-order chi connectivity index (χ0) is 25.7. The number of carboxylic acids is 1. The smallest absolute Gasteiger partial charge is 0.307 e. The molecule has 0 amide bonds. The molecule has 0 unspecified atom stereocenters. The summed E-state index contributed by atoms with van der Waals surface area (Å²) in [7, 11) is 4.77. The molecule has 0 aliphatic carbocycles.